The summed E-state index contributed by atoms with van der Waals surface area (Å²) in [5, 5.41) is 7.06. The number of thioether (sulfide) groups is 1. The first kappa shape index (κ1) is 24.3. The number of carbonyl (C=O) groups is 1. The topological polar surface area (TPSA) is 72.2 Å². The van der Waals surface area contributed by atoms with Gasteiger partial charge in [0.05, 0.1) is 12.0 Å². The number of hydrogen-bond donors (Lipinski definition) is 1. The molecule has 0 unspecified atom stereocenters. The number of benzene rings is 2. The molecule has 2 aromatic carbocycles. The lowest BCUT2D eigenvalue weighted by atomic mass is 10.1. The minimum atomic E-state index is -0.224. The molecule has 0 fully saturated rings. The Morgan fingerprint density at radius 2 is 1.82 bits per heavy atom. The Balaban J connectivity index is 1.50. The minimum absolute atomic E-state index is 0.177. The van der Waals surface area contributed by atoms with Crippen LogP contribution in [0.5, 0.6) is 0 Å². The quantitative estimate of drug-likeness (QED) is 0.144. The van der Waals surface area contributed by atoms with Gasteiger partial charge in [-0.15, -0.1) is 0 Å². The maximum Gasteiger partial charge on any atom is 0.250 e. The number of aromatic nitrogens is 3. The van der Waals surface area contributed by atoms with E-state index in [9.17, 15) is 4.79 Å². The molecule has 0 radical (unpaired) electrons. The highest BCUT2D eigenvalue weighted by Crippen LogP contribution is 2.28. The molecule has 174 valence electrons. The normalized spacial score (nSPS) is 11.4. The van der Waals surface area contributed by atoms with Gasteiger partial charge in [0, 0.05) is 50.1 Å². The van der Waals surface area contributed by atoms with E-state index in [-0.39, 0.29) is 11.7 Å². The standard InChI is InChI=1S/C25H23Cl2N5OS/c1-15-10-16(2)30-25(29-15)34-14-24(33)31-28-12-21-17(3)32(23-7-5-4-6-20(21)23)13-18-8-9-19(26)11-22(18)27/h4-12H,13-14H2,1-3H3,(H,31,33)/b28-12-. The van der Waals surface area contributed by atoms with Crippen LogP contribution >= 0.6 is 35.0 Å². The van der Waals surface area contributed by atoms with Crippen LogP contribution < -0.4 is 5.43 Å². The van der Waals surface area contributed by atoms with E-state index in [1.807, 2.05) is 57.2 Å². The summed E-state index contributed by atoms with van der Waals surface area (Å²) in [5.41, 5.74) is 8.34. The maximum atomic E-state index is 12.3. The van der Waals surface area contributed by atoms with Crippen molar-refractivity contribution < 1.29 is 4.79 Å². The third kappa shape index (κ3) is 5.60. The fraction of sp³-hybridized carbons (Fsp3) is 0.200. The number of fused-ring (bicyclic) bond motifs is 1. The number of hydrazone groups is 1. The van der Waals surface area contributed by atoms with E-state index < -0.39 is 0 Å². The number of carbonyl (C=O) groups excluding carboxylic acids is 1. The molecule has 34 heavy (non-hydrogen) atoms. The summed E-state index contributed by atoms with van der Waals surface area (Å²) < 4.78 is 2.18. The van der Waals surface area contributed by atoms with Gasteiger partial charge < -0.3 is 4.57 Å². The lowest BCUT2D eigenvalue weighted by molar-refractivity contribution is -0.118. The molecule has 1 N–H and O–H groups in total. The van der Waals surface area contributed by atoms with Gasteiger partial charge in [-0.05, 0) is 50.6 Å². The number of para-hydroxylation sites is 1. The SMILES string of the molecule is Cc1cc(C)nc(SCC(=O)N/N=C\c2c(C)n(Cc3ccc(Cl)cc3Cl)c3ccccc23)n1. The van der Waals surface area contributed by atoms with Crippen molar-refractivity contribution in [3.8, 4) is 0 Å². The molecule has 9 heteroatoms. The number of rotatable bonds is 7. The second kappa shape index (κ2) is 10.6. The minimum Gasteiger partial charge on any atom is -0.340 e. The van der Waals surface area contributed by atoms with Crippen molar-refractivity contribution in [3.05, 3.63) is 86.8 Å². The first-order chi connectivity index (χ1) is 16.3. The van der Waals surface area contributed by atoms with Gasteiger partial charge >= 0.3 is 0 Å². The van der Waals surface area contributed by atoms with Crippen molar-refractivity contribution >= 4 is 58.0 Å². The third-order valence-electron chi connectivity index (χ3n) is 5.30. The molecular formula is C25H23Cl2N5OS. The van der Waals surface area contributed by atoms with Gasteiger partial charge in [0.25, 0.3) is 5.91 Å². The van der Waals surface area contributed by atoms with E-state index in [2.05, 4.69) is 31.1 Å². The van der Waals surface area contributed by atoms with Crippen molar-refractivity contribution in [1.29, 1.82) is 0 Å². The molecule has 4 rings (SSSR count). The molecule has 1 amide bonds. The molecule has 0 bridgehead atoms. The van der Waals surface area contributed by atoms with E-state index >= 15 is 0 Å². The van der Waals surface area contributed by atoms with Gasteiger partial charge in [0.15, 0.2) is 5.16 Å². The molecule has 0 spiro atoms. The number of aryl methyl sites for hydroxylation is 2. The number of nitrogens with one attached hydrogen (secondary N) is 1. The van der Waals surface area contributed by atoms with Gasteiger partial charge in [-0.3, -0.25) is 4.79 Å². The van der Waals surface area contributed by atoms with Gasteiger partial charge in [0.2, 0.25) is 0 Å². The van der Waals surface area contributed by atoms with Crippen LogP contribution in [-0.2, 0) is 11.3 Å². The molecule has 6 nitrogen and oxygen atoms in total. The highest BCUT2D eigenvalue weighted by Gasteiger charge is 2.14. The van der Waals surface area contributed by atoms with Crippen molar-refractivity contribution in [2.45, 2.75) is 32.5 Å². The van der Waals surface area contributed by atoms with E-state index in [1.165, 1.54) is 11.8 Å². The molecular weight excluding hydrogens is 489 g/mol. The number of hydrogen-bond acceptors (Lipinski definition) is 5. The largest absolute Gasteiger partial charge is 0.340 e. The molecule has 0 aliphatic rings. The summed E-state index contributed by atoms with van der Waals surface area (Å²) in [6, 6.07) is 15.5. The summed E-state index contributed by atoms with van der Waals surface area (Å²) >= 11 is 13.8. The lowest BCUT2D eigenvalue weighted by Gasteiger charge is -2.10. The Bertz CT molecular complexity index is 1380. The fourth-order valence-corrected chi connectivity index (χ4v) is 4.94. The Morgan fingerprint density at radius 3 is 2.56 bits per heavy atom. The van der Waals surface area contributed by atoms with Crippen molar-refractivity contribution in [3.63, 3.8) is 0 Å². The molecule has 0 aliphatic heterocycles. The van der Waals surface area contributed by atoms with E-state index in [1.54, 1.807) is 12.3 Å². The Hall–Kier alpha value is -2.87. The number of amides is 1. The first-order valence-corrected chi connectivity index (χ1v) is 12.3. The molecule has 2 heterocycles. The van der Waals surface area contributed by atoms with Crippen LogP contribution in [0.4, 0.5) is 0 Å². The number of halogens is 2. The molecule has 4 aromatic rings. The molecule has 0 saturated heterocycles. The van der Waals surface area contributed by atoms with Crippen LogP contribution in [0.3, 0.4) is 0 Å². The predicted octanol–water partition coefficient (Wildman–Crippen LogP) is 5.95. The fourth-order valence-electron chi connectivity index (χ4n) is 3.73. The smallest absolute Gasteiger partial charge is 0.250 e. The third-order valence-corrected chi connectivity index (χ3v) is 6.73. The monoisotopic (exact) mass is 511 g/mol. The summed E-state index contributed by atoms with van der Waals surface area (Å²) in [7, 11) is 0. The first-order valence-electron chi connectivity index (χ1n) is 10.6. The summed E-state index contributed by atoms with van der Waals surface area (Å²) in [6.45, 7) is 6.43. The lowest BCUT2D eigenvalue weighted by Crippen LogP contribution is -2.20. The highest BCUT2D eigenvalue weighted by molar-refractivity contribution is 7.99. The van der Waals surface area contributed by atoms with Crippen molar-refractivity contribution in [2.75, 3.05) is 5.75 Å². The number of nitrogens with zero attached hydrogens (tertiary/aromatic N) is 4. The van der Waals surface area contributed by atoms with Gasteiger partial charge in [-0.25, -0.2) is 15.4 Å². The van der Waals surface area contributed by atoms with Crippen molar-refractivity contribution in [2.24, 2.45) is 5.10 Å². The summed E-state index contributed by atoms with van der Waals surface area (Å²) in [4.78, 5) is 21.0. The average molecular weight is 512 g/mol. The van der Waals surface area contributed by atoms with Crippen molar-refractivity contribution in [1.82, 2.24) is 20.0 Å². The molecule has 0 atom stereocenters. The van der Waals surface area contributed by atoms with Crippen LogP contribution in [0.15, 0.2) is 58.8 Å². The summed E-state index contributed by atoms with van der Waals surface area (Å²) in [6.07, 6.45) is 1.69. The Labute approximate surface area is 212 Å². The van der Waals surface area contributed by atoms with E-state index in [0.717, 1.165) is 39.1 Å². The zero-order chi connectivity index (χ0) is 24.2. The van der Waals surface area contributed by atoms with Crippen LogP contribution in [0.25, 0.3) is 10.9 Å². The van der Waals surface area contributed by atoms with Crippen LogP contribution in [0, 0.1) is 20.8 Å². The van der Waals surface area contributed by atoms with Crippen LogP contribution in [0.2, 0.25) is 10.0 Å². The van der Waals surface area contributed by atoms with E-state index in [0.29, 0.717) is 21.7 Å². The molecule has 0 saturated carbocycles. The predicted molar refractivity (Wildman–Crippen MR) is 140 cm³/mol. The second-order valence-electron chi connectivity index (χ2n) is 7.85. The van der Waals surface area contributed by atoms with Gasteiger partial charge in [-0.2, -0.15) is 5.10 Å². The van der Waals surface area contributed by atoms with Crippen LogP contribution in [-0.4, -0.2) is 32.4 Å². The van der Waals surface area contributed by atoms with E-state index in [4.69, 9.17) is 23.2 Å². The zero-order valence-corrected chi connectivity index (χ0v) is 21.3. The second-order valence-corrected chi connectivity index (χ2v) is 9.64. The highest BCUT2D eigenvalue weighted by atomic mass is 35.5. The summed E-state index contributed by atoms with van der Waals surface area (Å²) in [5.74, 6) is -0.0471. The van der Waals surface area contributed by atoms with Gasteiger partial charge in [-0.1, -0.05) is 59.2 Å². The average Bonchev–Trinajstić information content (AvgIpc) is 3.05. The molecule has 2 aromatic heterocycles. The Kier molecular flexibility index (Phi) is 7.56. The molecule has 0 aliphatic carbocycles. The van der Waals surface area contributed by atoms with Gasteiger partial charge in [0.1, 0.15) is 0 Å². The zero-order valence-electron chi connectivity index (χ0n) is 19.0. The maximum absolute atomic E-state index is 12.3. The Morgan fingerprint density at radius 1 is 1.09 bits per heavy atom. The van der Waals surface area contributed by atoms with Crippen LogP contribution in [0.1, 0.15) is 28.2 Å².